The zero-order chi connectivity index (χ0) is 17.1. The Hall–Kier alpha value is -2.23. The van der Waals surface area contributed by atoms with Gasteiger partial charge in [-0.25, -0.2) is 0 Å². The summed E-state index contributed by atoms with van der Waals surface area (Å²) >= 11 is 0. The molecule has 0 N–H and O–H groups in total. The van der Waals surface area contributed by atoms with E-state index in [2.05, 4.69) is 6.92 Å². The van der Waals surface area contributed by atoms with Crippen LogP contribution in [0.4, 0.5) is 0 Å². The molecule has 0 unspecified atom stereocenters. The number of rotatable bonds is 7. The van der Waals surface area contributed by atoms with Crippen molar-refractivity contribution < 1.29 is 13.9 Å². The third kappa shape index (κ3) is 4.19. The number of furan rings is 1. The average molecular weight is 327 g/mol. The van der Waals surface area contributed by atoms with Crippen molar-refractivity contribution in [1.82, 2.24) is 4.90 Å². The molecule has 2 atom stereocenters. The quantitative estimate of drug-likeness (QED) is 0.767. The van der Waals surface area contributed by atoms with Gasteiger partial charge in [0.15, 0.2) is 0 Å². The summed E-state index contributed by atoms with van der Waals surface area (Å²) in [5.41, 5.74) is 1.15. The van der Waals surface area contributed by atoms with Crippen molar-refractivity contribution in [2.75, 3.05) is 13.7 Å². The van der Waals surface area contributed by atoms with E-state index < -0.39 is 0 Å². The fourth-order valence-electron chi connectivity index (χ4n) is 2.87. The molecule has 4 heteroatoms. The van der Waals surface area contributed by atoms with Crippen LogP contribution in [0.1, 0.15) is 42.8 Å². The Kier molecular flexibility index (Phi) is 4.93. The van der Waals surface area contributed by atoms with Gasteiger partial charge < -0.3 is 14.1 Å². The van der Waals surface area contributed by atoms with Crippen LogP contribution in [0.15, 0.2) is 40.8 Å². The third-order valence-corrected chi connectivity index (χ3v) is 4.55. The van der Waals surface area contributed by atoms with E-state index in [1.165, 1.54) is 6.42 Å². The zero-order valence-electron chi connectivity index (χ0n) is 14.6. The van der Waals surface area contributed by atoms with E-state index in [1.807, 2.05) is 43.3 Å². The molecule has 1 heterocycles. The van der Waals surface area contributed by atoms with Gasteiger partial charge in [0.05, 0.1) is 19.6 Å². The topological polar surface area (TPSA) is 42.7 Å². The van der Waals surface area contributed by atoms with E-state index in [0.29, 0.717) is 25.5 Å². The van der Waals surface area contributed by atoms with Crippen LogP contribution in [0.5, 0.6) is 5.75 Å². The second-order valence-electron chi connectivity index (χ2n) is 6.79. The van der Waals surface area contributed by atoms with E-state index >= 15 is 0 Å². The second-order valence-corrected chi connectivity index (χ2v) is 6.79. The minimum atomic E-state index is 0.0559. The maximum absolute atomic E-state index is 12.2. The van der Waals surface area contributed by atoms with E-state index in [9.17, 15) is 4.79 Å². The molecule has 4 nitrogen and oxygen atoms in total. The number of hydrogen-bond donors (Lipinski definition) is 0. The highest BCUT2D eigenvalue weighted by molar-refractivity contribution is 5.75. The Labute approximate surface area is 143 Å². The lowest BCUT2D eigenvalue weighted by Gasteiger charge is -2.16. The van der Waals surface area contributed by atoms with Crippen molar-refractivity contribution in [2.24, 2.45) is 5.92 Å². The lowest BCUT2D eigenvalue weighted by molar-refractivity contribution is -0.131. The molecule has 1 aliphatic carbocycles. The van der Waals surface area contributed by atoms with E-state index in [4.69, 9.17) is 9.15 Å². The number of hydrogen-bond acceptors (Lipinski definition) is 3. The van der Waals surface area contributed by atoms with Crippen molar-refractivity contribution in [3.05, 3.63) is 53.5 Å². The van der Waals surface area contributed by atoms with Crippen molar-refractivity contribution in [2.45, 2.75) is 39.2 Å². The van der Waals surface area contributed by atoms with Gasteiger partial charge in [0.1, 0.15) is 17.3 Å². The second kappa shape index (κ2) is 7.12. The van der Waals surface area contributed by atoms with Crippen LogP contribution in [-0.2, 0) is 11.3 Å². The van der Waals surface area contributed by atoms with Crippen LogP contribution in [0, 0.1) is 12.8 Å². The van der Waals surface area contributed by atoms with Gasteiger partial charge in [-0.2, -0.15) is 0 Å². The van der Waals surface area contributed by atoms with Crippen LogP contribution in [0.2, 0.25) is 0 Å². The van der Waals surface area contributed by atoms with Crippen LogP contribution in [-0.4, -0.2) is 24.5 Å². The Morgan fingerprint density at radius 3 is 2.83 bits per heavy atom. The zero-order valence-corrected chi connectivity index (χ0v) is 14.6. The third-order valence-electron chi connectivity index (χ3n) is 4.55. The first-order chi connectivity index (χ1) is 11.5. The summed E-state index contributed by atoms with van der Waals surface area (Å²) in [6.07, 6.45) is 1.57. The molecule has 1 amide bonds. The number of nitrogens with zero attached hydrogens (tertiary/aromatic N) is 1. The van der Waals surface area contributed by atoms with Crippen LogP contribution in [0.3, 0.4) is 0 Å². The number of aryl methyl sites for hydroxylation is 1. The number of carbonyl (C=O) groups is 1. The minimum absolute atomic E-state index is 0.0559. The molecule has 24 heavy (non-hydrogen) atoms. The minimum Gasteiger partial charge on any atom is -0.493 e. The first-order valence-electron chi connectivity index (χ1n) is 8.55. The summed E-state index contributed by atoms with van der Waals surface area (Å²) in [5.74, 6) is 4.06. The molecule has 1 aromatic carbocycles. The first-order valence-corrected chi connectivity index (χ1v) is 8.55. The molecule has 0 saturated heterocycles. The van der Waals surface area contributed by atoms with E-state index in [-0.39, 0.29) is 5.91 Å². The Morgan fingerprint density at radius 2 is 2.12 bits per heavy atom. The summed E-state index contributed by atoms with van der Waals surface area (Å²) in [6, 6.07) is 11.9. The van der Waals surface area contributed by atoms with Crippen LogP contribution >= 0.6 is 0 Å². The molecule has 0 radical (unpaired) electrons. The van der Waals surface area contributed by atoms with Crippen molar-refractivity contribution in [1.29, 1.82) is 0 Å². The average Bonchev–Trinajstić information content (AvgIpc) is 3.09. The molecule has 0 aliphatic heterocycles. The van der Waals surface area contributed by atoms with Gasteiger partial charge in [-0.05, 0) is 49.1 Å². The van der Waals surface area contributed by atoms with Crippen LogP contribution < -0.4 is 4.74 Å². The van der Waals surface area contributed by atoms with Gasteiger partial charge in [-0.15, -0.1) is 0 Å². The smallest absolute Gasteiger partial charge is 0.226 e. The normalized spacial score (nSPS) is 19.1. The maximum atomic E-state index is 12.2. The lowest BCUT2D eigenvalue weighted by Crippen LogP contribution is -2.27. The van der Waals surface area contributed by atoms with Gasteiger partial charge in [-0.1, -0.05) is 19.1 Å². The predicted molar refractivity (Wildman–Crippen MR) is 93.0 cm³/mol. The van der Waals surface area contributed by atoms with Crippen molar-refractivity contribution in [3.8, 4) is 5.75 Å². The molecule has 0 bridgehead atoms. The molecule has 1 aliphatic rings. The molecule has 0 spiro atoms. The molecule has 3 rings (SSSR count). The summed E-state index contributed by atoms with van der Waals surface area (Å²) < 4.78 is 11.5. The standard InChI is InChI=1S/C20H25NO3/c1-14-5-4-6-16(11-14)23-10-9-20(22)21(3)13-17-7-8-19(24-17)18-12-15(18)2/h4-8,11,15,18H,9-10,12-13H2,1-3H3/t15-,18-/m0/s1. The Balaban J connectivity index is 1.43. The molecule has 1 fully saturated rings. The summed E-state index contributed by atoms with van der Waals surface area (Å²) in [5, 5.41) is 0. The Morgan fingerprint density at radius 1 is 1.33 bits per heavy atom. The van der Waals surface area contributed by atoms with Gasteiger partial charge in [-0.3, -0.25) is 4.79 Å². The number of carbonyl (C=O) groups excluding carboxylic acids is 1. The van der Waals surface area contributed by atoms with Gasteiger partial charge >= 0.3 is 0 Å². The molecule has 1 saturated carbocycles. The fourth-order valence-corrected chi connectivity index (χ4v) is 2.87. The molecular formula is C20H25NO3. The summed E-state index contributed by atoms with van der Waals surface area (Å²) in [6.45, 7) is 5.14. The molecular weight excluding hydrogens is 302 g/mol. The van der Waals surface area contributed by atoms with E-state index in [0.717, 1.165) is 28.8 Å². The monoisotopic (exact) mass is 327 g/mol. The summed E-state index contributed by atoms with van der Waals surface area (Å²) in [7, 11) is 1.80. The lowest BCUT2D eigenvalue weighted by atomic mass is 10.2. The van der Waals surface area contributed by atoms with E-state index in [1.54, 1.807) is 11.9 Å². The first kappa shape index (κ1) is 16.6. The molecule has 1 aromatic heterocycles. The number of amides is 1. The highest BCUT2D eigenvalue weighted by atomic mass is 16.5. The highest BCUT2D eigenvalue weighted by Crippen LogP contribution is 2.47. The van der Waals surface area contributed by atoms with Gasteiger partial charge in [0, 0.05) is 13.0 Å². The SMILES string of the molecule is Cc1cccc(OCCC(=O)N(C)Cc2ccc([C@H]3C[C@@H]3C)o2)c1. The highest BCUT2D eigenvalue weighted by Gasteiger charge is 2.36. The molecule has 2 aromatic rings. The fraction of sp³-hybridized carbons (Fsp3) is 0.450. The number of benzene rings is 1. The molecule has 128 valence electrons. The number of ether oxygens (including phenoxy) is 1. The largest absolute Gasteiger partial charge is 0.493 e. The predicted octanol–water partition coefficient (Wildman–Crippen LogP) is 4.14. The Bertz CT molecular complexity index is 706. The van der Waals surface area contributed by atoms with Crippen molar-refractivity contribution in [3.63, 3.8) is 0 Å². The van der Waals surface area contributed by atoms with Crippen molar-refractivity contribution >= 4 is 5.91 Å². The van der Waals surface area contributed by atoms with Crippen LogP contribution in [0.25, 0.3) is 0 Å². The maximum Gasteiger partial charge on any atom is 0.226 e. The summed E-state index contributed by atoms with van der Waals surface area (Å²) in [4.78, 5) is 13.9. The van der Waals surface area contributed by atoms with Gasteiger partial charge in [0.25, 0.3) is 0 Å². The van der Waals surface area contributed by atoms with Gasteiger partial charge in [0.2, 0.25) is 5.91 Å².